The summed E-state index contributed by atoms with van der Waals surface area (Å²) in [4.78, 5) is 25.9. The lowest BCUT2D eigenvalue weighted by Gasteiger charge is -2.37. The topological polar surface area (TPSA) is 75.4 Å². The van der Waals surface area contributed by atoms with Crippen LogP contribution < -0.4 is 5.43 Å². The van der Waals surface area contributed by atoms with E-state index in [1.165, 1.54) is 21.7 Å². The van der Waals surface area contributed by atoms with Gasteiger partial charge in [-0.2, -0.15) is 5.10 Å². The molecule has 28 heavy (non-hydrogen) atoms. The molecule has 1 aliphatic rings. The minimum atomic E-state index is -0.712. The Balaban J connectivity index is 1.95. The van der Waals surface area contributed by atoms with E-state index in [-0.39, 0.29) is 24.0 Å². The smallest absolute Gasteiger partial charge is 0.275 e. The molecule has 142 valence electrons. The van der Waals surface area contributed by atoms with Crippen molar-refractivity contribution in [3.63, 3.8) is 0 Å². The summed E-state index contributed by atoms with van der Waals surface area (Å²) >= 11 is 0. The van der Waals surface area contributed by atoms with Gasteiger partial charge in [-0.15, -0.1) is 0 Å². The van der Waals surface area contributed by atoms with Gasteiger partial charge in [0.05, 0.1) is 12.2 Å². The molecule has 1 amide bonds. The normalized spacial score (nSPS) is 17.3. The van der Waals surface area contributed by atoms with Crippen molar-refractivity contribution in [2.24, 2.45) is 0 Å². The van der Waals surface area contributed by atoms with Crippen molar-refractivity contribution in [2.45, 2.75) is 12.0 Å². The molecule has 0 saturated heterocycles. The Hall–Kier alpha value is -3.48. The molecule has 0 aliphatic carbocycles. The van der Waals surface area contributed by atoms with Gasteiger partial charge < -0.3 is 10.0 Å². The Morgan fingerprint density at radius 1 is 1.11 bits per heavy atom. The Morgan fingerprint density at radius 3 is 2.54 bits per heavy atom. The highest BCUT2D eigenvalue weighted by atomic mass is 19.1. The predicted molar refractivity (Wildman–Crippen MR) is 101 cm³/mol. The molecule has 0 bridgehead atoms. The summed E-state index contributed by atoms with van der Waals surface area (Å²) in [5.74, 6) is -1.82. The third-order valence-corrected chi connectivity index (χ3v) is 5.06. The van der Waals surface area contributed by atoms with Crippen LogP contribution in [-0.2, 0) is 0 Å². The summed E-state index contributed by atoms with van der Waals surface area (Å²) in [6, 6.07) is 15.3. The Labute approximate surface area is 160 Å². The van der Waals surface area contributed by atoms with Crippen molar-refractivity contribution >= 4 is 5.91 Å². The third-order valence-electron chi connectivity index (χ3n) is 5.06. The zero-order valence-electron chi connectivity index (χ0n) is 15.1. The van der Waals surface area contributed by atoms with E-state index in [0.717, 1.165) is 11.8 Å². The van der Waals surface area contributed by atoms with Crippen molar-refractivity contribution in [1.82, 2.24) is 14.7 Å². The summed E-state index contributed by atoms with van der Waals surface area (Å²) in [5.41, 5.74) is 0.760. The minimum absolute atomic E-state index is 0.149. The molecule has 0 radical (unpaired) electrons. The summed E-state index contributed by atoms with van der Waals surface area (Å²) < 4.78 is 15.4. The molecule has 0 fully saturated rings. The first-order valence-electron chi connectivity index (χ1n) is 8.84. The monoisotopic (exact) mass is 379 g/mol. The van der Waals surface area contributed by atoms with E-state index in [9.17, 15) is 19.1 Å². The van der Waals surface area contributed by atoms with Crippen LogP contribution in [0, 0.1) is 5.82 Å². The molecule has 0 saturated carbocycles. The number of halogens is 1. The van der Waals surface area contributed by atoms with Gasteiger partial charge in [-0.05, 0) is 23.3 Å². The standard InChI is InChI=1S/C21H18FN3O3/c1-24-12-16(25-19(21(24)28)20(27)17(26)11-23-25)18(13-6-3-2-4-7-13)14-8-5-9-15(22)10-14/h2-11,16,18,27H,12H2,1H3. The number of hydrogen-bond donors (Lipinski definition) is 1. The fourth-order valence-electron chi connectivity index (χ4n) is 3.77. The number of nitrogens with zero attached hydrogens (tertiary/aromatic N) is 3. The number of carbonyl (C=O) groups excluding carboxylic acids is 1. The zero-order chi connectivity index (χ0) is 19.8. The average Bonchev–Trinajstić information content (AvgIpc) is 2.69. The van der Waals surface area contributed by atoms with Gasteiger partial charge in [-0.1, -0.05) is 42.5 Å². The second-order valence-electron chi connectivity index (χ2n) is 6.85. The molecule has 1 N–H and O–H groups in total. The number of benzene rings is 2. The van der Waals surface area contributed by atoms with Crippen molar-refractivity contribution < 1.29 is 14.3 Å². The van der Waals surface area contributed by atoms with Gasteiger partial charge in [0.15, 0.2) is 11.4 Å². The molecule has 7 heteroatoms. The largest absolute Gasteiger partial charge is 0.502 e. The lowest BCUT2D eigenvalue weighted by molar-refractivity contribution is 0.0686. The van der Waals surface area contributed by atoms with E-state index in [1.54, 1.807) is 13.1 Å². The van der Waals surface area contributed by atoms with Gasteiger partial charge in [-0.3, -0.25) is 14.3 Å². The summed E-state index contributed by atoms with van der Waals surface area (Å²) in [6.07, 6.45) is 0.998. The van der Waals surface area contributed by atoms with Crippen LogP contribution in [0.2, 0.25) is 0 Å². The van der Waals surface area contributed by atoms with Crippen LogP contribution in [0.1, 0.15) is 33.6 Å². The molecule has 2 unspecified atom stereocenters. The average molecular weight is 379 g/mol. The Bertz CT molecular complexity index is 1100. The first-order chi connectivity index (χ1) is 13.5. The van der Waals surface area contributed by atoms with Crippen LogP contribution in [0.25, 0.3) is 0 Å². The number of carbonyl (C=O) groups is 1. The third kappa shape index (κ3) is 2.94. The van der Waals surface area contributed by atoms with Crippen molar-refractivity contribution in [3.8, 4) is 5.75 Å². The molecule has 2 heterocycles. The maximum Gasteiger partial charge on any atom is 0.275 e. The Kier molecular flexibility index (Phi) is 4.43. The lowest BCUT2D eigenvalue weighted by atomic mass is 9.83. The number of aromatic hydroxyl groups is 1. The molecule has 2 atom stereocenters. The van der Waals surface area contributed by atoms with Crippen LogP contribution in [0.15, 0.2) is 65.6 Å². The number of hydrogen-bond acceptors (Lipinski definition) is 4. The van der Waals surface area contributed by atoms with E-state index in [0.29, 0.717) is 5.56 Å². The van der Waals surface area contributed by atoms with Gasteiger partial charge in [-0.25, -0.2) is 4.39 Å². The molecular formula is C21H18FN3O3. The van der Waals surface area contributed by atoms with Crippen molar-refractivity contribution in [3.05, 3.63) is 93.7 Å². The van der Waals surface area contributed by atoms with Gasteiger partial charge in [0.25, 0.3) is 5.91 Å². The highest BCUT2D eigenvalue weighted by Gasteiger charge is 2.38. The molecular weight excluding hydrogens is 361 g/mol. The number of rotatable bonds is 3. The summed E-state index contributed by atoms with van der Waals surface area (Å²) in [7, 11) is 1.60. The number of aromatic nitrogens is 2. The minimum Gasteiger partial charge on any atom is -0.502 e. The van der Waals surface area contributed by atoms with Gasteiger partial charge in [0.1, 0.15) is 5.82 Å². The maximum atomic E-state index is 14.0. The van der Waals surface area contributed by atoms with E-state index < -0.39 is 23.1 Å². The number of amides is 1. The fourth-order valence-corrected chi connectivity index (χ4v) is 3.77. The van der Waals surface area contributed by atoms with Crippen LogP contribution in [-0.4, -0.2) is 39.3 Å². The van der Waals surface area contributed by atoms with Gasteiger partial charge >= 0.3 is 0 Å². The Morgan fingerprint density at radius 2 is 1.82 bits per heavy atom. The quantitative estimate of drug-likeness (QED) is 0.759. The number of likely N-dealkylation sites (N-methyl/N-ethyl adjacent to an activating group) is 1. The molecule has 3 aromatic rings. The molecule has 2 aromatic carbocycles. The highest BCUT2D eigenvalue weighted by Crippen LogP contribution is 2.39. The maximum absolute atomic E-state index is 14.0. The van der Waals surface area contributed by atoms with Crippen LogP contribution in [0.5, 0.6) is 5.75 Å². The van der Waals surface area contributed by atoms with E-state index in [4.69, 9.17) is 0 Å². The fraction of sp³-hybridized carbons (Fsp3) is 0.190. The molecule has 1 aromatic heterocycles. The second kappa shape index (κ2) is 6.92. The van der Waals surface area contributed by atoms with Gasteiger partial charge in [0, 0.05) is 19.5 Å². The van der Waals surface area contributed by atoms with Crippen molar-refractivity contribution in [2.75, 3.05) is 13.6 Å². The molecule has 4 rings (SSSR count). The zero-order valence-corrected chi connectivity index (χ0v) is 15.1. The molecule has 6 nitrogen and oxygen atoms in total. The second-order valence-corrected chi connectivity index (χ2v) is 6.85. The van der Waals surface area contributed by atoms with Crippen LogP contribution >= 0.6 is 0 Å². The molecule has 0 spiro atoms. The van der Waals surface area contributed by atoms with E-state index in [1.807, 2.05) is 36.4 Å². The first kappa shape index (κ1) is 17.9. The number of fused-ring (bicyclic) bond motifs is 1. The van der Waals surface area contributed by atoms with Crippen LogP contribution in [0.4, 0.5) is 4.39 Å². The first-order valence-corrected chi connectivity index (χ1v) is 8.84. The predicted octanol–water partition coefficient (Wildman–Crippen LogP) is 2.55. The van der Waals surface area contributed by atoms with Crippen LogP contribution in [0.3, 0.4) is 0 Å². The van der Waals surface area contributed by atoms with Crippen molar-refractivity contribution in [1.29, 1.82) is 0 Å². The lowest BCUT2D eigenvalue weighted by Crippen LogP contribution is -2.45. The van der Waals surface area contributed by atoms with E-state index >= 15 is 0 Å². The highest BCUT2D eigenvalue weighted by molar-refractivity contribution is 5.95. The SMILES string of the molecule is CN1CC(C(c2ccccc2)c2cccc(F)c2)n2ncc(=O)c(O)c2C1=O. The summed E-state index contributed by atoms with van der Waals surface area (Å²) in [6.45, 7) is 0.289. The molecule has 1 aliphatic heterocycles. The summed E-state index contributed by atoms with van der Waals surface area (Å²) in [5, 5.41) is 14.4. The van der Waals surface area contributed by atoms with E-state index in [2.05, 4.69) is 5.10 Å². The van der Waals surface area contributed by atoms with Gasteiger partial charge in [0.2, 0.25) is 5.43 Å².